The molecule has 0 fully saturated rings. The zero-order chi connectivity index (χ0) is 13.3. The van der Waals surface area contributed by atoms with Crippen molar-refractivity contribution in [1.29, 1.82) is 0 Å². The van der Waals surface area contributed by atoms with Crippen LogP contribution < -0.4 is 10.2 Å². The van der Waals surface area contributed by atoms with Crippen LogP contribution in [0.15, 0.2) is 24.3 Å². The molecule has 0 saturated carbocycles. The number of para-hydroxylation sites is 2. The molecule has 1 aliphatic heterocycles. The molecule has 0 unspecified atom stereocenters. The summed E-state index contributed by atoms with van der Waals surface area (Å²) < 4.78 is 5.29. The van der Waals surface area contributed by atoms with Gasteiger partial charge in [-0.3, -0.25) is 9.69 Å². The van der Waals surface area contributed by atoms with Crippen LogP contribution in [0.4, 0.5) is 16.2 Å². The summed E-state index contributed by atoms with van der Waals surface area (Å²) in [6.45, 7) is 5.36. The lowest BCUT2D eigenvalue weighted by molar-refractivity contribution is -0.115. The third-order valence-electron chi connectivity index (χ3n) is 2.38. The summed E-state index contributed by atoms with van der Waals surface area (Å²) in [5, 5.41) is 2.72. The monoisotopic (exact) mass is 248 g/mol. The van der Waals surface area contributed by atoms with Crippen molar-refractivity contribution in [2.75, 3.05) is 16.8 Å². The number of carbonyl (C=O) groups excluding carboxylic acids is 2. The summed E-state index contributed by atoms with van der Waals surface area (Å²) in [7, 11) is 0. The smallest absolute Gasteiger partial charge is 0.415 e. The SMILES string of the molecule is CC(C)(C)OC(=O)N1CC(=O)Nc2ccccc21. The van der Waals surface area contributed by atoms with Gasteiger partial charge in [-0.2, -0.15) is 0 Å². The number of hydrogen-bond donors (Lipinski definition) is 1. The molecule has 2 rings (SSSR count). The van der Waals surface area contributed by atoms with Crippen molar-refractivity contribution in [2.45, 2.75) is 26.4 Å². The van der Waals surface area contributed by atoms with Gasteiger partial charge in [0.05, 0.1) is 11.4 Å². The van der Waals surface area contributed by atoms with Gasteiger partial charge in [-0.15, -0.1) is 0 Å². The van der Waals surface area contributed by atoms with E-state index in [1.807, 2.05) is 6.07 Å². The van der Waals surface area contributed by atoms with E-state index in [2.05, 4.69) is 5.32 Å². The van der Waals surface area contributed by atoms with Gasteiger partial charge in [-0.05, 0) is 32.9 Å². The fourth-order valence-electron chi connectivity index (χ4n) is 1.71. The Kier molecular flexibility index (Phi) is 2.98. The highest BCUT2D eigenvalue weighted by atomic mass is 16.6. The number of anilines is 2. The van der Waals surface area contributed by atoms with E-state index in [9.17, 15) is 9.59 Å². The number of carbonyl (C=O) groups is 2. The number of nitrogens with zero attached hydrogens (tertiary/aromatic N) is 1. The largest absolute Gasteiger partial charge is 0.443 e. The fourth-order valence-corrected chi connectivity index (χ4v) is 1.71. The van der Waals surface area contributed by atoms with Gasteiger partial charge in [0.1, 0.15) is 12.1 Å². The maximum atomic E-state index is 12.0. The Bertz CT molecular complexity index is 491. The highest BCUT2D eigenvalue weighted by Crippen LogP contribution is 2.29. The normalized spacial score (nSPS) is 14.8. The second-order valence-corrected chi connectivity index (χ2v) is 5.13. The maximum absolute atomic E-state index is 12.0. The molecule has 0 atom stereocenters. The van der Waals surface area contributed by atoms with Crippen LogP contribution in [0, 0.1) is 0 Å². The first-order valence-corrected chi connectivity index (χ1v) is 5.76. The molecule has 0 saturated heterocycles. The van der Waals surface area contributed by atoms with Crippen LogP contribution in [0.2, 0.25) is 0 Å². The van der Waals surface area contributed by atoms with Crippen LogP contribution in [-0.2, 0) is 9.53 Å². The van der Waals surface area contributed by atoms with Crippen molar-refractivity contribution in [2.24, 2.45) is 0 Å². The second-order valence-electron chi connectivity index (χ2n) is 5.13. The molecule has 2 amide bonds. The molecule has 96 valence electrons. The summed E-state index contributed by atoms with van der Waals surface area (Å²) in [5.41, 5.74) is 0.700. The molecule has 1 heterocycles. The molecular weight excluding hydrogens is 232 g/mol. The zero-order valence-corrected chi connectivity index (χ0v) is 10.7. The first-order valence-electron chi connectivity index (χ1n) is 5.76. The lowest BCUT2D eigenvalue weighted by Crippen LogP contribution is -2.44. The van der Waals surface area contributed by atoms with Gasteiger partial charge >= 0.3 is 6.09 Å². The Labute approximate surface area is 106 Å². The van der Waals surface area contributed by atoms with Gasteiger partial charge in [0, 0.05) is 0 Å². The summed E-state index contributed by atoms with van der Waals surface area (Å²) in [5.74, 6) is -0.223. The van der Waals surface area contributed by atoms with Gasteiger partial charge in [0.2, 0.25) is 5.91 Å². The van der Waals surface area contributed by atoms with Gasteiger partial charge in [0.25, 0.3) is 0 Å². The van der Waals surface area contributed by atoms with Gasteiger partial charge in [-0.25, -0.2) is 4.79 Å². The summed E-state index contributed by atoms with van der Waals surface area (Å²) >= 11 is 0. The molecule has 18 heavy (non-hydrogen) atoms. The Morgan fingerprint density at radius 1 is 1.33 bits per heavy atom. The molecular formula is C13H16N2O3. The first kappa shape index (κ1) is 12.4. The van der Waals surface area contributed by atoms with Crippen molar-refractivity contribution in [1.82, 2.24) is 0 Å². The molecule has 1 aromatic rings. The number of benzene rings is 1. The maximum Gasteiger partial charge on any atom is 0.415 e. The fraction of sp³-hybridized carbons (Fsp3) is 0.385. The van der Waals surface area contributed by atoms with E-state index in [0.29, 0.717) is 11.4 Å². The highest BCUT2D eigenvalue weighted by molar-refractivity contribution is 6.08. The number of rotatable bonds is 0. The molecule has 5 heteroatoms. The van der Waals surface area contributed by atoms with E-state index >= 15 is 0 Å². The van der Waals surface area contributed by atoms with Crippen LogP contribution >= 0.6 is 0 Å². The van der Waals surface area contributed by atoms with E-state index in [0.717, 1.165) is 0 Å². The summed E-state index contributed by atoms with van der Waals surface area (Å²) in [6.07, 6.45) is -0.509. The van der Waals surface area contributed by atoms with Crippen molar-refractivity contribution in [3.05, 3.63) is 24.3 Å². The highest BCUT2D eigenvalue weighted by Gasteiger charge is 2.30. The van der Waals surface area contributed by atoms with E-state index in [1.54, 1.807) is 39.0 Å². The van der Waals surface area contributed by atoms with Gasteiger partial charge in [-0.1, -0.05) is 12.1 Å². The Hall–Kier alpha value is -2.04. The lowest BCUT2D eigenvalue weighted by Gasteiger charge is -2.31. The number of hydrogen-bond acceptors (Lipinski definition) is 3. The predicted octanol–water partition coefficient (Wildman–Crippen LogP) is 2.38. The quantitative estimate of drug-likeness (QED) is 0.766. The molecule has 0 radical (unpaired) electrons. The van der Waals surface area contributed by atoms with Gasteiger partial charge < -0.3 is 10.1 Å². The summed E-state index contributed by atoms with van der Waals surface area (Å²) in [6, 6.07) is 7.15. The van der Waals surface area contributed by atoms with Crippen LogP contribution in [-0.4, -0.2) is 24.1 Å². The number of fused-ring (bicyclic) bond motifs is 1. The minimum absolute atomic E-state index is 0.0219. The minimum Gasteiger partial charge on any atom is -0.443 e. The van der Waals surface area contributed by atoms with E-state index in [4.69, 9.17) is 4.74 Å². The average molecular weight is 248 g/mol. The molecule has 1 N–H and O–H groups in total. The van der Waals surface area contributed by atoms with E-state index < -0.39 is 11.7 Å². The average Bonchev–Trinajstić information content (AvgIpc) is 2.25. The minimum atomic E-state index is -0.583. The molecule has 5 nitrogen and oxygen atoms in total. The molecule has 0 spiro atoms. The molecule has 0 aromatic heterocycles. The van der Waals surface area contributed by atoms with Crippen LogP contribution in [0.25, 0.3) is 0 Å². The lowest BCUT2D eigenvalue weighted by atomic mass is 10.2. The zero-order valence-electron chi connectivity index (χ0n) is 10.7. The Morgan fingerprint density at radius 2 is 2.00 bits per heavy atom. The topological polar surface area (TPSA) is 58.6 Å². The van der Waals surface area contributed by atoms with Crippen molar-refractivity contribution in [3.63, 3.8) is 0 Å². The summed E-state index contributed by atoms with van der Waals surface area (Å²) in [4.78, 5) is 24.9. The number of ether oxygens (including phenoxy) is 1. The number of nitrogens with one attached hydrogen (secondary N) is 1. The Balaban J connectivity index is 2.29. The molecule has 1 aromatic carbocycles. The molecule has 0 bridgehead atoms. The third-order valence-corrected chi connectivity index (χ3v) is 2.38. The van der Waals surface area contributed by atoms with Crippen LogP contribution in [0.1, 0.15) is 20.8 Å². The second kappa shape index (κ2) is 4.33. The van der Waals surface area contributed by atoms with Gasteiger partial charge in [0.15, 0.2) is 0 Å². The van der Waals surface area contributed by atoms with Crippen molar-refractivity contribution >= 4 is 23.4 Å². The molecule has 1 aliphatic rings. The van der Waals surface area contributed by atoms with E-state index in [-0.39, 0.29) is 12.5 Å². The van der Waals surface area contributed by atoms with E-state index in [1.165, 1.54) is 4.90 Å². The van der Waals surface area contributed by atoms with Crippen molar-refractivity contribution in [3.8, 4) is 0 Å². The third kappa shape index (κ3) is 2.61. The Morgan fingerprint density at radius 3 is 2.67 bits per heavy atom. The molecule has 0 aliphatic carbocycles. The van der Waals surface area contributed by atoms with Crippen LogP contribution in [0.3, 0.4) is 0 Å². The number of amides is 2. The van der Waals surface area contributed by atoms with Crippen LogP contribution in [0.5, 0.6) is 0 Å². The first-order chi connectivity index (χ1) is 8.37. The van der Waals surface area contributed by atoms with Crippen molar-refractivity contribution < 1.29 is 14.3 Å². The standard InChI is InChI=1S/C13H16N2O3/c1-13(2,3)18-12(17)15-8-11(16)14-9-6-4-5-7-10(9)15/h4-7H,8H2,1-3H3,(H,14,16). The predicted molar refractivity (Wildman–Crippen MR) is 68.7 cm³/mol.